The zero-order valence-electron chi connectivity index (χ0n) is 32.2. The van der Waals surface area contributed by atoms with Crippen LogP contribution in [0, 0.1) is 0 Å². The molecule has 0 N–H and O–H groups in total. The number of nitrogens with zero attached hydrogens (tertiary/aromatic N) is 1. The maximum Gasteiger partial charge on any atom is 0.494 e. The van der Waals surface area contributed by atoms with Gasteiger partial charge in [-0.3, -0.25) is 0 Å². The van der Waals surface area contributed by atoms with Crippen LogP contribution in [-0.2, 0) is 27.9 Å². The lowest BCUT2D eigenvalue weighted by molar-refractivity contribution is 0.365. The van der Waals surface area contributed by atoms with Crippen molar-refractivity contribution in [3.05, 3.63) is 179 Å². The SMILES string of the molecule is C(=Cc1ccc(N(c2ccc(C=Cc3ccc(B4OCCO4)cc3)cc2)c2ccc(C=Cc3ccc(B4OCCO4)cc3)cc2)cc1)c1ccc(B2OCCO2)cc1. The van der Waals surface area contributed by atoms with Crippen LogP contribution >= 0.6 is 0 Å². The molecule has 0 aromatic heterocycles. The van der Waals surface area contributed by atoms with Gasteiger partial charge in [0.1, 0.15) is 0 Å². The third-order valence-electron chi connectivity index (χ3n) is 10.3. The zero-order chi connectivity index (χ0) is 38.9. The van der Waals surface area contributed by atoms with Crippen LogP contribution in [0.2, 0.25) is 0 Å². The van der Waals surface area contributed by atoms with E-state index in [1.54, 1.807) is 0 Å². The van der Waals surface area contributed by atoms with E-state index in [4.69, 9.17) is 27.9 Å². The van der Waals surface area contributed by atoms with Crippen molar-refractivity contribution in [2.75, 3.05) is 44.5 Å². The van der Waals surface area contributed by atoms with Crippen molar-refractivity contribution in [3.8, 4) is 0 Å². The van der Waals surface area contributed by atoms with Gasteiger partial charge in [-0.25, -0.2) is 0 Å². The molecule has 0 spiro atoms. The molecule has 0 radical (unpaired) electrons. The Labute approximate surface area is 341 Å². The van der Waals surface area contributed by atoms with Gasteiger partial charge >= 0.3 is 21.4 Å². The highest BCUT2D eigenvalue weighted by Crippen LogP contribution is 2.35. The number of rotatable bonds is 12. The summed E-state index contributed by atoms with van der Waals surface area (Å²) in [4.78, 5) is 2.29. The first-order chi connectivity index (χ1) is 28.7. The molecule has 0 saturated carbocycles. The van der Waals surface area contributed by atoms with E-state index in [1.807, 2.05) is 0 Å². The molecule has 9 rings (SSSR count). The highest BCUT2D eigenvalue weighted by molar-refractivity contribution is 6.62. The van der Waals surface area contributed by atoms with Crippen molar-refractivity contribution in [3.63, 3.8) is 0 Å². The molecule has 3 aliphatic rings. The Morgan fingerprint density at radius 1 is 0.276 bits per heavy atom. The van der Waals surface area contributed by atoms with E-state index in [-0.39, 0.29) is 21.4 Å². The Kier molecular flexibility index (Phi) is 11.9. The number of hydrogen-bond acceptors (Lipinski definition) is 7. The van der Waals surface area contributed by atoms with Gasteiger partial charge in [-0.15, -0.1) is 0 Å². The maximum atomic E-state index is 5.64. The average Bonchev–Trinajstić information content (AvgIpc) is 4.12. The molecule has 58 heavy (non-hydrogen) atoms. The quantitative estimate of drug-likeness (QED) is 0.0930. The van der Waals surface area contributed by atoms with Gasteiger partial charge in [0.25, 0.3) is 0 Å². The van der Waals surface area contributed by atoms with Crippen molar-refractivity contribution in [1.29, 1.82) is 0 Å². The number of anilines is 3. The number of benzene rings is 6. The third-order valence-corrected chi connectivity index (χ3v) is 10.3. The van der Waals surface area contributed by atoms with Gasteiger partial charge in [0.2, 0.25) is 0 Å². The van der Waals surface area contributed by atoms with Crippen LogP contribution in [0.4, 0.5) is 17.1 Å². The molecule has 0 unspecified atom stereocenters. The van der Waals surface area contributed by atoms with Gasteiger partial charge < -0.3 is 32.8 Å². The summed E-state index contributed by atoms with van der Waals surface area (Å²) in [6.07, 6.45) is 12.8. The average molecular weight is 761 g/mol. The van der Waals surface area contributed by atoms with Gasteiger partial charge in [0.05, 0.1) is 39.6 Å². The topological polar surface area (TPSA) is 58.6 Å². The fraction of sp³-hybridized carbons (Fsp3) is 0.125. The summed E-state index contributed by atoms with van der Waals surface area (Å²) in [5.41, 5.74) is 13.0. The van der Waals surface area contributed by atoms with Crippen molar-refractivity contribution in [2.24, 2.45) is 0 Å². The van der Waals surface area contributed by atoms with E-state index in [2.05, 4.69) is 187 Å². The summed E-state index contributed by atoms with van der Waals surface area (Å²) in [6, 6.07) is 51.0. The van der Waals surface area contributed by atoms with Crippen molar-refractivity contribution in [1.82, 2.24) is 0 Å². The van der Waals surface area contributed by atoms with Crippen LogP contribution in [-0.4, -0.2) is 61.0 Å². The first-order valence-corrected chi connectivity index (χ1v) is 19.8. The van der Waals surface area contributed by atoms with Crippen molar-refractivity contribution >= 4 is 91.3 Å². The van der Waals surface area contributed by atoms with Crippen LogP contribution in [0.3, 0.4) is 0 Å². The second kappa shape index (κ2) is 18.3. The lowest BCUT2D eigenvalue weighted by Crippen LogP contribution is -2.31. The van der Waals surface area contributed by atoms with Crippen LogP contribution in [0.15, 0.2) is 146 Å². The minimum absolute atomic E-state index is 0.262. The highest BCUT2D eigenvalue weighted by atomic mass is 16.6. The molecule has 6 aromatic rings. The summed E-state index contributed by atoms with van der Waals surface area (Å²) in [6.45, 7) is 3.82. The Hall–Kier alpha value is -5.71. The fourth-order valence-corrected chi connectivity index (χ4v) is 7.17. The van der Waals surface area contributed by atoms with Crippen LogP contribution in [0.25, 0.3) is 36.5 Å². The molecule has 0 bridgehead atoms. The molecule has 6 aromatic carbocycles. The molecule has 7 nitrogen and oxygen atoms in total. The molecule has 0 atom stereocenters. The van der Waals surface area contributed by atoms with E-state index in [0.29, 0.717) is 39.6 Å². The standard InChI is InChI=1S/C48H42B3NO6/c1(37-7-19-43(20-8-37)49-53-31-32-54-49)4-40-13-25-46(26-14-40)52(47-27-15-41(16-28-47)5-2-38-9-21-44(22-10-38)50-55-33-34-56-50)48-29-17-42(18-30-48)6-3-39-11-23-45(24-12-39)51-57-35-36-58-51/h1-30H,31-36H2. The molecular weight excluding hydrogens is 719 g/mol. The van der Waals surface area contributed by atoms with Gasteiger partial charge in [-0.1, -0.05) is 146 Å². The summed E-state index contributed by atoms with van der Waals surface area (Å²) in [7, 11) is -0.787. The Balaban J connectivity index is 0.925. The molecule has 10 heteroatoms. The second-order valence-electron chi connectivity index (χ2n) is 14.3. The summed E-state index contributed by atoms with van der Waals surface area (Å²) < 4.78 is 33.8. The smallest absolute Gasteiger partial charge is 0.405 e. The Morgan fingerprint density at radius 2 is 0.466 bits per heavy atom. The molecular formula is C48H42B3NO6. The minimum Gasteiger partial charge on any atom is -0.405 e. The predicted octanol–water partition coefficient (Wildman–Crippen LogP) is 7.89. The molecule has 3 fully saturated rings. The van der Waals surface area contributed by atoms with Crippen molar-refractivity contribution < 1.29 is 27.9 Å². The summed E-state index contributed by atoms with van der Waals surface area (Å²) in [5.74, 6) is 0. The first kappa shape index (κ1) is 37.8. The second-order valence-corrected chi connectivity index (χ2v) is 14.3. The van der Waals surface area contributed by atoms with Gasteiger partial charge in [-0.05, 0) is 86.2 Å². The summed E-state index contributed by atoms with van der Waals surface area (Å²) in [5, 5.41) is 0. The van der Waals surface area contributed by atoms with Crippen molar-refractivity contribution in [2.45, 2.75) is 0 Å². The maximum absolute atomic E-state index is 5.64. The van der Waals surface area contributed by atoms with E-state index in [0.717, 1.165) is 66.8 Å². The molecule has 3 heterocycles. The third kappa shape index (κ3) is 9.36. The van der Waals surface area contributed by atoms with Crippen LogP contribution in [0.5, 0.6) is 0 Å². The fourth-order valence-electron chi connectivity index (χ4n) is 7.17. The first-order valence-electron chi connectivity index (χ1n) is 19.8. The molecule has 0 amide bonds. The predicted molar refractivity (Wildman–Crippen MR) is 239 cm³/mol. The van der Waals surface area contributed by atoms with Gasteiger partial charge in [-0.2, -0.15) is 0 Å². The van der Waals surface area contributed by atoms with E-state index >= 15 is 0 Å². The minimum atomic E-state index is -0.262. The van der Waals surface area contributed by atoms with E-state index < -0.39 is 0 Å². The van der Waals surface area contributed by atoms with Gasteiger partial charge in [0.15, 0.2) is 0 Å². The lowest BCUT2D eigenvalue weighted by atomic mass is 9.79. The van der Waals surface area contributed by atoms with Crippen LogP contribution in [0.1, 0.15) is 33.4 Å². The number of hydrogen-bond donors (Lipinski definition) is 0. The Morgan fingerprint density at radius 3 is 0.672 bits per heavy atom. The highest BCUT2D eigenvalue weighted by Gasteiger charge is 2.27. The molecule has 3 saturated heterocycles. The van der Waals surface area contributed by atoms with Gasteiger partial charge in [0, 0.05) is 17.1 Å². The van der Waals surface area contributed by atoms with E-state index in [9.17, 15) is 0 Å². The summed E-state index contributed by atoms with van der Waals surface area (Å²) >= 11 is 0. The monoisotopic (exact) mass is 761 g/mol. The lowest BCUT2D eigenvalue weighted by Gasteiger charge is -2.26. The van der Waals surface area contributed by atoms with E-state index in [1.165, 1.54) is 0 Å². The molecule has 0 aliphatic carbocycles. The molecule has 284 valence electrons. The van der Waals surface area contributed by atoms with Crippen LogP contribution < -0.4 is 21.3 Å². The molecule has 3 aliphatic heterocycles. The zero-order valence-corrected chi connectivity index (χ0v) is 32.2. The largest absolute Gasteiger partial charge is 0.494 e. The Bertz CT molecular complexity index is 2060. The normalized spacial score (nSPS) is 15.8.